The van der Waals surface area contributed by atoms with E-state index >= 15 is 0 Å². The summed E-state index contributed by atoms with van der Waals surface area (Å²) in [5, 5.41) is 6.90. The Morgan fingerprint density at radius 3 is 1.44 bits per heavy atom. The highest BCUT2D eigenvalue weighted by Gasteiger charge is 1.98. The van der Waals surface area contributed by atoms with E-state index in [1.165, 1.54) is 16.7 Å². The average molecular weight is 362 g/mol. The van der Waals surface area contributed by atoms with Crippen LogP contribution in [0.4, 0.5) is 5.69 Å². The lowest BCUT2D eigenvalue weighted by molar-refractivity contribution is 0.414. The van der Waals surface area contributed by atoms with Crippen molar-refractivity contribution >= 4 is 5.69 Å². The van der Waals surface area contributed by atoms with Crippen LogP contribution in [0, 0.1) is 0 Å². The molecule has 4 heteroatoms. The molecule has 2 N–H and O–H groups in total. The second kappa shape index (κ2) is 9.64. The number of ether oxygens (including phenoxy) is 2. The smallest absolute Gasteiger partial charge is 0.119 e. The van der Waals surface area contributed by atoms with E-state index in [4.69, 9.17) is 9.47 Å². The van der Waals surface area contributed by atoms with Crippen molar-refractivity contribution in [2.75, 3.05) is 19.5 Å². The molecule has 3 aromatic rings. The van der Waals surface area contributed by atoms with Crippen molar-refractivity contribution in [3.8, 4) is 11.5 Å². The molecule has 0 bridgehead atoms. The van der Waals surface area contributed by atoms with E-state index in [-0.39, 0.29) is 0 Å². The van der Waals surface area contributed by atoms with Gasteiger partial charge < -0.3 is 20.1 Å². The Balaban J connectivity index is 1.43. The Labute approximate surface area is 161 Å². The average Bonchev–Trinajstić information content (AvgIpc) is 2.74. The van der Waals surface area contributed by atoms with E-state index in [1.807, 2.05) is 36.4 Å². The van der Waals surface area contributed by atoms with E-state index in [1.54, 1.807) is 14.2 Å². The molecule has 0 fully saturated rings. The summed E-state index contributed by atoms with van der Waals surface area (Å²) in [5.41, 5.74) is 4.86. The Hall–Kier alpha value is -2.98. The number of hydrogen-bond acceptors (Lipinski definition) is 4. The summed E-state index contributed by atoms with van der Waals surface area (Å²) >= 11 is 0. The zero-order valence-corrected chi connectivity index (χ0v) is 15.9. The van der Waals surface area contributed by atoms with Crippen LogP contribution in [0.1, 0.15) is 16.7 Å². The molecule has 140 valence electrons. The van der Waals surface area contributed by atoms with Gasteiger partial charge in [0.25, 0.3) is 0 Å². The number of rotatable bonds is 9. The molecule has 0 unspecified atom stereocenters. The number of benzene rings is 3. The second-order valence-corrected chi connectivity index (χ2v) is 6.35. The van der Waals surface area contributed by atoms with Crippen molar-refractivity contribution in [2.24, 2.45) is 0 Å². The highest BCUT2D eigenvalue weighted by Crippen LogP contribution is 2.16. The molecule has 0 atom stereocenters. The summed E-state index contributed by atoms with van der Waals surface area (Å²) in [5.74, 6) is 1.75. The topological polar surface area (TPSA) is 42.5 Å². The van der Waals surface area contributed by atoms with Gasteiger partial charge in [-0.3, -0.25) is 0 Å². The molecule has 0 aliphatic carbocycles. The molecule has 0 aromatic heterocycles. The first-order chi connectivity index (χ1) is 13.3. The fourth-order valence-electron chi connectivity index (χ4n) is 2.78. The molecule has 0 aliphatic heterocycles. The van der Waals surface area contributed by atoms with Crippen LogP contribution in [-0.4, -0.2) is 14.2 Å². The lowest BCUT2D eigenvalue weighted by Gasteiger charge is -2.09. The van der Waals surface area contributed by atoms with Crippen LogP contribution in [0.3, 0.4) is 0 Å². The maximum Gasteiger partial charge on any atom is 0.119 e. The van der Waals surface area contributed by atoms with E-state index in [0.717, 1.165) is 36.8 Å². The summed E-state index contributed by atoms with van der Waals surface area (Å²) < 4.78 is 10.4. The SMILES string of the molecule is COc1ccc(CNCc2ccc(CNc3ccc(OC)cc3)cc2)cc1. The first-order valence-corrected chi connectivity index (χ1v) is 9.06. The maximum absolute atomic E-state index is 5.18. The fraction of sp³-hybridized carbons (Fsp3) is 0.217. The molecule has 3 rings (SSSR count). The van der Waals surface area contributed by atoms with Gasteiger partial charge in [0.1, 0.15) is 11.5 Å². The summed E-state index contributed by atoms with van der Waals surface area (Å²) in [7, 11) is 3.36. The molecule has 0 heterocycles. The van der Waals surface area contributed by atoms with Crippen molar-refractivity contribution in [1.82, 2.24) is 5.32 Å². The molecular weight excluding hydrogens is 336 g/mol. The largest absolute Gasteiger partial charge is 0.497 e. The van der Waals surface area contributed by atoms with Crippen molar-refractivity contribution in [2.45, 2.75) is 19.6 Å². The Morgan fingerprint density at radius 1 is 0.556 bits per heavy atom. The van der Waals surface area contributed by atoms with Crippen LogP contribution in [0.25, 0.3) is 0 Å². The molecule has 0 radical (unpaired) electrons. The fourth-order valence-corrected chi connectivity index (χ4v) is 2.78. The van der Waals surface area contributed by atoms with Crippen LogP contribution in [0.2, 0.25) is 0 Å². The van der Waals surface area contributed by atoms with Gasteiger partial charge in [0.2, 0.25) is 0 Å². The highest BCUT2D eigenvalue weighted by molar-refractivity contribution is 5.46. The highest BCUT2D eigenvalue weighted by atomic mass is 16.5. The van der Waals surface area contributed by atoms with Crippen LogP contribution >= 0.6 is 0 Å². The quantitative estimate of drug-likeness (QED) is 0.583. The minimum absolute atomic E-state index is 0.798. The Morgan fingerprint density at radius 2 is 0.963 bits per heavy atom. The van der Waals surface area contributed by atoms with E-state index < -0.39 is 0 Å². The molecule has 0 saturated carbocycles. The minimum atomic E-state index is 0.798. The van der Waals surface area contributed by atoms with E-state index in [9.17, 15) is 0 Å². The van der Waals surface area contributed by atoms with Crippen molar-refractivity contribution in [3.63, 3.8) is 0 Å². The van der Waals surface area contributed by atoms with Gasteiger partial charge >= 0.3 is 0 Å². The minimum Gasteiger partial charge on any atom is -0.497 e. The zero-order valence-electron chi connectivity index (χ0n) is 15.9. The number of anilines is 1. The predicted octanol–water partition coefficient (Wildman–Crippen LogP) is 4.61. The van der Waals surface area contributed by atoms with Gasteiger partial charge in [-0.05, 0) is 53.1 Å². The van der Waals surface area contributed by atoms with Gasteiger partial charge in [0, 0.05) is 25.3 Å². The van der Waals surface area contributed by atoms with Crippen molar-refractivity contribution in [1.29, 1.82) is 0 Å². The summed E-state index contributed by atoms with van der Waals surface area (Å²) in [6, 6.07) is 24.8. The first-order valence-electron chi connectivity index (χ1n) is 9.06. The second-order valence-electron chi connectivity index (χ2n) is 6.35. The van der Waals surface area contributed by atoms with E-state index in [2.05, 4.69) is 47.0 Å². The molecule has 0 saturated heterocycles. The van der Waals surface area contributed by atoms with E-state index in [0.29, 0.717) is 0 Å². The third kappa shape index (κ3) is 5.76. The van der Waals surface area contributed by atoms with Crippen molar-refractivity contribution in [3.05, 3.63) is 89.5 Å². The predicted molar refractivity (Wildman–Crippen MR) is 110 cm³/mol. The monoisotopic (exact) mass is 362 g/mol. The molecule has 0 spiro atoms. The van der Waals surface area contributed by atoms with Gasteiger partial charge in [0.15, 0.2) is 0 Å². The van der Waals surface area contributed by atoms with Crippen LogP contribution in [0.5, 0.6) is 11.5 Å². The molecular formula is C23H26N2O2. The molecule has 0 aliphatic rings. The third-order valence-corrected chi connectivity index (χ3v) is 4.43. The van der Waals surface area contributed by atoms with Gasteiger partial charge in [0.05, 0.1) is 14.2 Å². The molecule has 27 heavy (non-hydrogen) atoms. The Bertz CT molecular complexity index is 813. The van der Waals surface area contributed by atoms with Gasteiger partial charge in [-0.25, -0.2) is 0 Å². The van der Waals surface area contributed by atoms with Crippen LogP contribution in [-0.2, 0) is 19.6 Å². The van der Waals surface area contributed by atoms with Gasteiger partial charge in [-0.15, -0.1) is 0 Å². The number of methoxy groups -OCH3 is 2. The summed E-state index contributed by atoms with van der Waals surface area (Å²) in [4.78, 5) is 0. The molecule has 3 aromatic carbocycles. The summed E-state index contributed by atoms with van der Waals surface area (Å²) in [6.45, 7) is 2.48. The third-order valence-electron chi connectivity index (χ3n) is 4.43. The normalized spacial score (nSPS) is 10.4. The van der Waals surface area contributed by atoms with Gasteiger partial charge in [-0.2, -0.15) is 0 Å². The first kappa shape index (κ1) is 18.8. The number of nitrogens with one attached hydrogen (secondary N) is 2. The van der Waals surface area contributed by atoms with Crippen molar-refractivity contribution < 1.29 is 9.47 Å². The number of hydrogen-bond donors (Lipinski definition) is 2. The summed E-state index contributed by atoms with van der Waals surface area (Å²) in [6.07, 6.45) is 0. The Kier molecular flexibility index (Phi) is 6.72. The lowest BCUT2D eigenvalue weighted by Crippen LogP contribution is -2.12. The zero-order chi connectivity index (χ0) is 18.9. The standard InChI is InChI=1S/C23H26N2O2/c1-26-22-11-7-19(8-12-22)16-24-15-18-3-5-20(6-4-18)17-25-21-9-13-23(27-2)14-10-21/h3-14,24-25H,15-17H2,1-2H3. The van der Waals surface area contributed by atoms with Crippen LogP contribution < -0.4 is 20.1 Å². The maximum atomic E-state index is 5.18. The lowest BCUT2D eigenvalue weighted by atomic mass is 10.1. The molecule has 0 amide bonds. The molecule has 4 nitrogen and oxygen atoms in total. The van der Waals surface area contributed by atoms with Gasteiger partial charge in [-0.1, -0.05) is 36.4 Å². The van der Waals surface area contributed by atoms with Crippen LogP contribution in [0.15, 0.2) is 72.8 Å².